The Kier molecular flexibility index (Phi) is 2.50. The number of terminal acetylenes is 1. The zero-order chi connectivity index (χ0) is 11.1. The Hall–Kier alpha value is -0.970. The van der Waals surface area contributed by atoms with E-state index in [0.717, 1.165) is 18.9 Å². The number of hydrogen-bond donors (Lipinski definition) is 0. The van der Waals surface area contributed by atoms with E-state index in [-0.39, 0.29) is 17.2 Å². The lowest BCUT2D eigenvalue weighted by atomic mass is 10.1. The van der Waals surface area contributed by atoms with Gasteiger partial charge in [-0.05, 0) is 30.6 Å². The molecule has 0 aliphatic heterocycles. The summed E-state index contributed by atoms with van der Waals surface area (Å²) in [7, 11) is 0. The minimum Gasteiger partial charge on any atom is -0.331 e. The predicted molar refractivity (Wildman–Crippen MR) is 60.0 cm³/mol. The first kappa shape index (κ1) is 10.5. The fourth-order valence-corrected chi connectivity index (χ4v) is 2.06. The maximum Gasteiger partial charge on any atom is 0.227 e. The highest BCUT2D eigenvalue weighted by atomic mass is 16.2. The van der Waals surface area contributed by atoms with Gasteiger partial charge in [-0.15, -0.1) is 6.42 Å². The number of carbonyl (C=O) groups excluding carboxylic acids is 1. The van der Waals surface area contributed by atoms with Crippen LogP contribution in [0.15, 0.2) is 0 Å². The largest absolute Gasteiger partial charge is 0.331 e. The summed E-state index contributed by atoms with van der Waals surface area (Å²) in [5.41, 5.74) is 0.216. The molecule has 0 heterocycles. The van der Waals surface area contributed by atoms with Crippen molar-refractivity contribution in [3.63, 3.8) is 0 Å². The normalized spacial score (nSPS) is 26.9. The highest BCUT2D eigenvalue weighted by Gasteiger charge is 2.52. The number of amides is 1. The summed E-state index contributed by atoms with van der Waals surface area (Å²) in [6, 6.07) is 0. The van der Waals surface area contributed by atoms with E-state index in [4.69, 9.17) is 6.42 Å². The molecule has 0 saturated heterocycles. The van der Waals surface area contributed by atoms with Gasteiger partial charge in [-0.3, -0.25) is 4.79 Å². The van der Waals surface area contributed by atoms with Gasteiger partial charge in [-0.1, -0.05) is 19.8 Å². The van der Waals surface area contributed by atoms with Crippen LogP contribution in [-0.2, 0) is 4.79 Å². The Morgan fingerprint density at radius 2 is 2.13 bits per heavy atom. The second-order valence-corrected chi connectivity index (χ2v) is 5.61. The quantitative estimate of drug-likeness (QED) is 0.642. The molecule has 2 rings (SSSR count). The van der Waals surface area contributed by atoms with Gasteiger partial charge in [0.05, 0.1) is 6.54 Å². The molecule has 0 spiro atoms. The maximum absolute atomic E-state index is 12.1. The van der Waals surface area contributed by atoms with E-state index in [1.54, 1.807) is 0 Å². The van der Waals surface area contributed by atoms with Crippen LogP contribution in [0.2, 0.25) is 0 Å². The molecule has 1 unspecified atom stereocenters. The van der Waals surface area contributed by atoms with Gasteiger partial charge in [0.25, 0.3) is 0 Å². The monoisotopic (exact) mass is 205 g/mol. The second-order valence-electron chi connectivity index (χ2n) is 5.61. The Balaban J connectivity index is 1.92. The van der Waals surface area contributed by atoms with Gasteiger partial charge < -0.3 is 4.90 Å². The van der Waals surface area contributed by atoms with Crippen LogP contribution in [0.1, 0.15) is 33.1 Å². The van der Waals surface area contributed by atoms with Crippen molar-refractivity contribution < 1.29 is 4.79 Å². The highest BCUT2D eigenvalue weighted by molar-refractivity contribution is 5.82. The minimum absolute atomic E-state index is 0.216. The molecule has 1 atom stereocenters. The fraction of sp³-hybridized carbons (Fsp3) is 0.769. The molecule has 0 bridgehead atoms. The molecule has 2 aliphatic carbocycles. The number of rotatable bonds is 4. The zero-order valence-electron chi connectivity index (χ0n) is 9.62. The Morgan fingerprint density at radius 1 is 1.53 bits per heavy atom. The van der Waals surface area contributed by atoms with Gasteiger partial charge in [0.2, 0.25) is 5.91 Å². The summed E-state index contributed by atoms with van der Waals surface area (Å²) in [5.74, 6) is 3.83. The fourth-order valence-electron chi connectivity index (χ4n) is 2.06. The number of nitrogens with zero attached hydrogens (tertiary/aromatic N) is 1. The summed E-state index contributed by atoms with van der Waals surface area (Å²) >= 11 is 0. The van der Waals surface area contributed by atoms with Crippen LogP contribution in [0, 0.1) is 29.6 Å². The molecule has 2 aliphatic rings. The first-order valence-electron chi connectivity index (χ1n) is 5.77. The van der Waals surface area contributed by atoms with Crippen LogP contribution in [0.25, 0.3) is 0 Å². The lowest BCUT2D eigenvalue weighted by molar-refractivity contribution is -0.132. The topological polar surface area (TPSA) is 20.3 Å². The molecule has 2 heteroatoms. The molecule has 0 aromatic rings. The van der Waals surface area contributed by atoms with E-state index in [1.165, 1.54) is 12.8 Å². The van der Waals surface area contributed by atoms with Crippen molar-refractivity contribution in [2.24, 2.45) is 17.3 Å². The average molecular weight is 205 g/mol. The van der Waals surface area contributed by atoms with Crippen LogP contribution in [0.5, 0.6) is 0 Å². The second kappa shape index (κ2) is 3.56. The lowest BCUT2D eigenvalue weighted by Gasteiger charge is -2.20. The molecule has 0 aromatic carbocycles. The SMILES string of the molecule is C#CCN(CC1CC1)C(=O)C1CC1(C)C. The standard InChI is InChI=1S/C13H19NO/c1-4-7-14(9-10-5-6-10)12(15)11-8-13(11,2)3/h1,10-11H,5-9H2,2-3H3. The summed E-state index contributed by atoms with van der Waals surface area (Å²) < 4.78 is 0. The summed E-state index contributed by atoms with van der Waals surface area (Å²) in [6.45, 7) is 5.68. The van der Waals surface area contributed by atoms with Crippen molar-refractivity contribution in [1.82, 2.24) is 4.90 Å². The molecule has 2 nitrogen and oxygen atoms in total. The van der Waals surface area contributed by atoms with Crippen molar-refractivity contribution in [1.29, 1.82) is 0 Å². The van der Waals surface area contributed by atoms with Crippen LogP contribution in [0.3, 0.4) is 0 Å². The molecule has 82 valence electrons. The molecule has 0 aromatic heterocycles. The van der Waals surface area contributed by atoms with Gasteiger partial charge in [-0.25, -0.2) is 0 Å². The van der Waals surface area contributed by atoms with E-state index in [2.05, 4.69) is 19.8 Å². The molecule has 0 radical (unpaired) electrons. The summed E-state index contributed by atoms with van der Waals surface area (Å²) in [6.07, 6.45) is 8.87. The van der Waals surface area contributed by atoms with Crippen molar-refractivity contribution >= 4 is 5.91 Å². The van der Waals surface area contributed by atoms with E-state index in [0.29, 0.717) is 6.54 Å². The first-order chi connectivity index (χ1) is 7.04. The van der Waals surface area contributed by atoms with Crippen molar-refractivity contribution in [2.45, 2.75) is 33.1 Å². The van der Waals surface area contributed by atoms with E-state index in [9.17, 15) is 4.79 Å². The molecule has 2 saturated carbocycles. The molecule has 0 N–H and O–H groups in total. The van der Waals surface area contributed by atoms with Gasteiger partial charge in [0.15, 0.2) is 0 Å². The summed E-state index contributed by atoms with van der Waals surface area (Å²) in [4.78, 5) is 14.0. The third kappa shape index (κ3) is 2.34. The van der Waals surface area contributed by atoms with Crippen LogP contribution >= 0.6 is 0 Å². The van der Waals surface area contributed by atoms with E-state index < -0.39 is 0 Å². The number of hydrogen-bond acceptors (Lipinski definition) is 1. The van der Waals surface area contributed by atoms with Crippen molar-refractivity contribution in [3.8, 4) is 12.3 Å². The van der Waals surface area contributed by atoms with Crippen LogP contribution in [-0.4, -0.2) is 23.9 Å². The molecule has 15 heavy (non-hydrogen) atoms. The number of carbonyl (C=O) groups is 1. The molecule has 2 fully saturated rings. The Morgan fingerprint density at radius 3 is 2.53 bits per heavy atom. The summed E-state index contributed by atoms with van der Waals surface area (Å²) in [5, 5.41) is 0. The molecular weight excluding hydrogens is 186 g/mol. The third-order valence-electron chi connectivity index (χ3n) is 3.58. The Bertz CT molecular complexity index is 309. The smallest absolute Gasteiger partial charge is 0.227 e. The lowest BCUT2D eigenvalue weighted by Crippen LogP contribution is -2.35. The third-order valence-corrected chi connectivity index (χ3v) is 3.58. The predicted octanol–water partition coefficient (Wildman–Crippen LogP) is 1.90. The average Bonchev–Trinajstić information content (AvgIpc) is 3.03. The van der Waals surface area contributed by atoms with Crippen LogP contribution < -0.4 is 0 Å². The highest BCUT2D eigenvalue weighted by Crippen LogP contribution is 2.52. The van der Waals surface area contributed by atoms with Gasteiger partial charge >= 0.3 is 0 Å². The van der Waals surface area contributed by atoms with E-state index >= 15 is 0 Å². The molecule has 1 amide bonds. The van der Waals surface area contributed by atoms with E-state index in [1.807, 2.05) is 4.90 Å². The maximum atomic E-state index is 12.1. The zero-order valence-corrected chi connectivity index (χ0v) is 9.62. The van der Waals surface area contributed by atoms with Gasteiger partial charge in [-0.2, -0.15) is 0 Å². The Labute approximate surface area is 92.0 Å². The molecular formula is C13H19NO. The van der Waals surface area contributed by atoms with Crippen LogP contribution in [0.4, 0.5) is 0 Å². The van der Waals surface area contributed by atoms with Gasteiger partial charge in [0, 0.05) is 12.5 Å². The van der Waals surface area contributed by atoms with Gasteiger partial charge in [0.1, 0.15) is 0 Å². The van der Waals surface area contributed by atoms with Crippen molar-refractivity contribution in [2.75, 3.05) is 13.1 Å². The van der Waals surface area contributed by atoms with Crippen molar-refractivity contribution in [3.05, 3.63) is 0 Å². The minimum atomic E-state index is 0.216. The first-order valence-corrected chi connectivity index (χ1v) is 5.77.